The molecule has 1 aromatic rings. The van der Waals surface area contributed by atoms with Crippen molar-refractivity contribution in [2.24, 2.45) is 5.92 Å². The molecule has 0 saturated carbocycles. The fourth-order valence-corrected chi connectivity index (χ4v) is 2.32. The van der Waals surface area contributed by atoms with Gasteiger partial charge in [-0.3, -0.25) is 0 Å². The van der Waals surface area contributed by atoms with Gasteiger partial charge in [-0.1, -0.05) is 5.16 Å². The molecule has 6 nitrogen and oxygen atoms in total. The molecule has 0 atom stereocenters. The Morgan fingerprint density at radius 3 is 2.55 bits per heavy atom. The average molecular weight is 281 g/mol. The second-order valence-electron chi connectivity index (χ2n) is 6.35. The van der Waals surface area contributed by atoms with E-state index in [1.54, 1.807) is 4.90 Å². The summed E-state index contributed by atoms with van der Waals surface area (Å²) in [6, 6.07) is 0. The molecular formula is C14H23N3O3. The van der Waals surface area contributed by atoms with Crippen molar-refractivity contribution in [2.45, 2.75) is 52.6 Å². The molecule has 20 heavy (non-hydrogen) atoms. The number of likely N-dealkylation sites (tertiary alicyclic amines) is 1. The van der Waals surface area contributed by atoms with Gasteiger partial charge in [0, 0.05) is 19.5 Å². The van der Waals surface area contributed by atoms with Crippen molar-refractivity contribution in [2.75, 3.05) is 13.1 Å². The summed E-state index contributed by atoms with van der Waals surface area (Å²) in [5, 5.41) is 3.79. The van der Waals surface area contributed by atoms with E-state index >= 15 is 0 Å². The lowest BCUT2D eigenvalue weighted by molar-refractivity contribution is 0.0182. The van der Waals surface area contributed by atoms with Crippen LogP contribution >= 0.6 is 0 Å². The molecule has 1 aromatic heterocycles. The van der Waals surface area contributed by atoms with E-state index in [4.69, 9.17) is 9.26 Å². The number of ether oxygens (including phenoxy) is 1. The molecule has 1 saturated heterocycles. The van der Waals surface area contributed by atoms with E-state index in [1.807, 2.05) is 27.7 Å². The third-order valence-corrected chi connectivity index (χ3v) is 3.30. The first kappa shape index (κ1) is 14.8. The molecule has 0 aliphatic carbocycles. The van der Waals surface area contributed by atoms with Crippen LogP contribution in [0.3, 0.4) is 0 Å². The van der Waals surface area contributed by atoms with Gasteiger partial charge in [0.2, 0.25) is 5.89 Å². The smallest absolute Gasteiger partial charge is 0.410 e. The highest BCUT2D eigenvalue weighted by atomic mass is 16.6. The summed E-state index contributed by atoms with van der Waals surface area (Å²) in [6.45, 7) is 8.93. The van der Waals surface area contributed by atoms with Crippen LogP contribution in [0.4, 0.5) is 4.79 Å². The maximum Gasteiger partial charge on any atom is 0.410 e. The fourth-order valence-electron chi connectivity index (χ4n) is 2.32. The van der Waals surface area contributed by atoms with Crippen molar-refractivity contribution >= 4 is 6.09 Å². The minimum absolute atomic E-state index is 0.218. The molecule has 1 fully saturated rings. The molecule has 1 aliphatic rings. The van der Waals surface area contributed by atoms with Crippen molar-refractivity contribution in [3.05, 3.63) is 11.7 Å². The highest BCUT2D eigenvalue weighted by molar-refractivity contribution is 5.68. The summed E-state index contributed by atoms with van der Waals surface area (Å²) in [6.07, 6.45) is 2.47. The Bertz CT molecular complexity index is 456. The van der Waals surface area contributed by atoms with Crippen LogP contribution in [0.25, 0.3) is 0 Å². The van der Waals surface area contributed by atoms with Crippen LogP contribution in [0.2, 0.25) is 0 Å². The van der Waals surface area contributed by atoms with Gasteiger partial charge >= 0.3 is 6.09 Å². The zero-order valence-electron chi connectivity index (χ0n) is 12.7. The lowest BCUT2D eigenvalue weighted by Crippen LogP contribution is -2.42. The molecule has 6 heteroatoms. The van der Waals surface area contributed by atoms with E-state index in [0.29, 0.717) is 17.6 Å². The molecular weight excluding hydrogens is 258 g/mol. The van der Waals surface area contributed by atoms with Gasteiger partial charge in [-0.25, -0.2) is 4.79 Å². The van der Waals surface area contributed by atoms with E-state index in [-0.39, 0.29) is 6.09 Å². The standard InChI is InChI=1S/C14H23N3O3/c1-10-15-12(20-16-10)9-11-5-7-17(8-6-11)13(18)19-14(2,3)4/h11H,5-9H2,1-4H3. The molecule has 0 radical (unpaired) electrons. The predicted octanol–water partition coefficient (Wildman–Crippen LogP) is 2.57. The fraction of sp³-hybridized carbons (Fsp3) is 0.786. The predicted molar refractivity (Wildman–Crippen MR) is 73.3 cm³/mol. The van der Waals surface area contributed by atoms with Crippen LogP contribution < -0.4 is 0 Å². The van der Waals surface area contributed by atoms with Gasteiger partial charge in [0.05, 0.1) is 0 Å². The minimum Gasteiger partial charge on any atom is -0.444 e. The largest absolute Gasteiger partial charge is 0.444 e. The van der Waals surface area contributed by atoms with E-state index in [0.717, 1.165) is 32.4 Å². The molecule has 0 bridgehead atoms. The lowest BCUT2D eigenvalue weighted by Gasteiger charge is -2.33. The van der Waals surface area contributed by atoms with Crippen LogP contribution in [-0.2, 0) is 11.2 Å². The summed E-state index contributed by atoms with van der Waals surface area (Å²) in [5.74, 6) is 1.86. The highest BCUT2D eigenvalue weighted by Crippen LogP contribution is 2.22. The molecule has 0 N–H and O–H groups in total. The van der Waals surface area contributed by atoms with Gasteiger partial charge in [0.15, 0.2) is 5.82 Å². The summed E-state index contributed by atoms with van der Waals surface area (Å²) in [4.78, 5) is 17.9. The molecule has 1 amide bonds. The van der Waals surface area contributed by atoms with Crippen LogP contribution in [0.1, 0.15) is 45.3 Å². The van der Waals surface area contributed by atoms with Gasteiger partial charge in [0.1, 0.15) is 5.60 Å². The van der Waals surface area contributed by atoms with Crippen LogP contribution in [0.5, 0.6) is 0 Å². The van der Waals surface area contributed by atoms with Crippen molar-refractivity contribution < 1.29 is 14.1 Å². The van der Waals surface area contributed by atoms with Gasteiger partial charge in [-0.2, -0.15) is 4.98 Å². The highest BCUT2D eigenvalue weighted by Gasteiger charge is 2.27. The Morgan fingerprint density at radius 1 is 1.40 bits per heavy atom. The first-order chi connectivity index (χ1) is 9.33. The van der Waals surface area contributed by atoms with E-state index < -0.39 is 5.60 Å². The van der Waals surface area contributed by atoms with Crippen molar-refractivity contribution in [3.63, 3.8) is 0 Å². The maximum atomic E-state index is 11.9. The zero-order valence-corrected chi connectivity index (χ0v) is 12.7. The number of hydrogen-bond acceptors (Lipinski definition) is 5. The summed E-state index contributed by atoms with van der Waals surface area (Å²) in [7, 11) is 0. The Balaban J connectivity index is 1.79. The summed E-state index contributed by atoms with van der Waals surface area (Å²) >= 11 is 0. The summed E-state index contributed by atoms with van der Waals surface area (Å²) < 4.78 is 10.5. The number of amides is 1. The number of carbonyl (C=O) groups excluding carboxylic acids is 1. The Morgan fingerprint density at radius 2 is 2.05 bits per heavy atom. The molecule has 2 heterocycles. The number of piperidine rings is 1. The Kier molecular flexibility index (Phi) is 4.30. The normalized spacial score (nSPS) is 17.3. The number of aromatic nitrogens is 2. The topological polar surface area (TPSA) is 68.5 Å². The van der Waals surface area contributed by atoms with Crippen LogP contribution in [0, 0.1) is 12.8 Å². The van der Waals surface area contributed by atoms with Crippen molar-refractivity contribution in [3.8, 4) is 0 Å². The molecule has 0 spiro atoms. The SMILES string of the molecule is Cc1noc(CC2CCN(C(=O)OC(C)(C)C)CC2)n1. The number of aryl methyl sites for hydroxylation is 1. The van der Waals surface area contributed by atoms with Crippen LogP contribution in [0.15, 0.2) is 4.52 Å². The van der Waals surface area contributed by atoms with Gasteiger partial charge < -0.3 is 14.2 Å². The zero-order chi connectivity index (χ0) is 14.8. The first-order valence-corrected chi connectivity index (χ1v) is 7.10. The molecule has 0 aromatic carbocycles. The van der Waals surface area contributed by atoms with Crippen LogP contribution in [-0.4, -0.2) is 39.8 Å². The number of nitrogens with zero attached hydrogens (tertiary/aromatic N) is 3. The molecule has 2 rings (SSSR count). The van der Waals surface area contributed by atoms with E-state index in [9.17, 15) is 4.79 Å². The second-order valence-corrected chi connectivity index (χ2v) is 6.35. The van der Waals surface area contributed by atoms with Crippen molar-refractivity contribution in [1.82, 2.24) is 15.0 Å². The van der Waals surface area contributed by atoms with Gasteiger partial charge in [-0.05, 0) is 46.5 Å². The first-order valence-electron chi connectivity index (χ1n) is 7.10. The molecule has 0 unspecified atom stereocenters. The molecule has 112 valence electrons. The number of rotatable bonds is 2. The molecule has 1 aliphatic heterocycles. The van der Waals surface area contributed by atoms with Gasteiger partial charge in [-0.15, -0.1) is 0 Å². The number of carbonyl (C=O) groups is 1. The minimum atomic E-state index is -0.435. The van der Waals surface area contributed by atoms with E-state index in [1.165, 1.54) is 0 Å². The van der Waals surface area contributed by atoms with Gasteiger partial charge in [0.25, 0.3) is 0 Å². The van der Waals surface area contributed by atoms with E-state index in [2.05, 4.69) is 10.1 Å². The number of hydrogen-bond donors (Lipinski definition) is 0. The summed E-state index contributed by atoms with van der Waals surface area (Å²) in [5.41, 5.74) is -0.435. The third-order valence-electron chi connectivity index (χ3n) is 3.30. The van der Waals surface area contributed by atoms with Crippen molar-refractivity contribution in [1.29, 1.82) is 0 Å². The monoisotopic (exact) mass is 281 g/mol. The average Bonchev–Trinajstić information content (AvgIpc) is 2.73. The quantitative estimate of drug-likeness (QED) is 0.833. The lowest BCUT2D eigenvalue weighted by atomic mass is 9.94. The maximum absolute atomic E-state index is 11.9. The Labute approximate surface area is 119 Å². The third kappa shape index (κ3) is 4.21. The Hall–Kier alpha value is -1.59. The second kappa shape index (κ2) is 5.81.